The largest absolute Gasteiger partial charge is 0.480 e. The number of esters is 1. The zero-order valence-corrected chi connectivity index (χ0v) is 23.0. The minimum Gasteiger partial charge on any atom is -0.480 e. The molecule has 0 amide bonds. The van der Waals surface area contributed by atoms with Crippen LogP contribution in [0.1, 0.15) is 110 Å². The third-order valence-corrected chi connectivity index (χ3v) is 5.82. The van der Waals surface area contributed by atoms with Gasteiger partial charge in [-0.3, -0.25) is 4.79 Å². The molecule has 0 atom stereocenters. The highest BCUT2D eigenvalue weighted by molar-refractivity contribution is 5.69. The van der Waals surface area contributed by atoms with E-state index in [1.807, 2.05) is 0 Å². The maximum atomic E-state index is 11.8. The van der Waals surface area contributed by atoms with Crippen LogP contribution in [0.15, 0.2) is 0 Å². The molecule has 8 heteroatoms. The average molecular weight is 519 g/mol. The summed E-state index contributed by atoms with van der Waals surface area (Å²) in [4.78, 5) is 22.0. The first-order chi connectivity index (χ1) is 17.7. The Morgan fingerprint density at radius 2 is 0.861 bits per heavy atom. The molecule has 0 heterocycles. The summed E-state index contributed by atoms with van der Waals surface area (Å²) in [5.74, 6) is -1.14. The second-order valence-corrected chi connectivity index (χ2v) is 9.20. The minimum atomic E-state index is -0.992. The molecular weight excluding hydrogens is 464 g/mol. The Hall–Kier alpha value is -1.22. The zero-order valence-electron chi connectivity index (χ0n) is 23.0. The highest BCUT2D eigenvalue weighted by Crippen LogP contribution is 2.13. The van der Waals surface area contributed by atoms with Crippen molar-refractivity contribution in [2.45, 2.75) is 110 Å². The molecule has 0 aromatic heterocycles. The maximum Gasteiger partial charge on any atom is 0.329 e. The molecule has 0 radical (unpaired) electrons. The lowest BCUT2D eigenvalue weighted by Crippen LogP contribution is -2.15. The summed E-state index contributed by atoms with van der Waals surface area (Å²) in [6, 6.07) is 0. The standard InChI is InChI=1S/C28H54O8/c1-2-3-4-5-6-7-8-9-10-11-12-13-14-15-16-17-28(31)36-25-24-34-21-20-32-18-19-33-22-23-35-26-27(29)30/h2-26H2,1H3,(H,29,30). The Bertz CT molecular complexity index is 472. The van der Waals surface area contributed by atoms with Crippen LogP contribution in [0.3, 0.4) is 0 Å². The van der Waals surface area contributed by atoms with Crippen molar-refractivity contribution in [1.82, 2.24) is 0 Å². The molecule has 0 saturated carbocycles. The lowest BCUT2D eigenvalue weighted by molar-refractivity contribution is -0.145. The summed E-state index contributed by atoms with van der Waals surface area (Å²) in [5.41, 5.74) is 0. The third-order valence-electron chi connectivity index (χ3n) is 5.82. The predicted molar refractivity (Wildman–Crippen MR) is 141 cm³/mol. The SMILES string of the molecule is CCCCCCCCCCCCCCCCCC(=O)OCCOCCOCCOCCOCC(=O)O. The van der Waals surface area contributed by atoms with Crippen molar-refractivity contribution in [3.63, 3.8) is 0 Å². The number of ether oxygens (including phenoxy) is 5. The lowest BCUT2D eigenvalue weighted by atomic mass is 10.0. The average Bonchev–Trinajstić information content (AvgIpc) is 2.86. The number of unbranched alkanes of at least 4 members (excludes halogenated alkanes) is 14. The van der Waals surface area contributed by atoms with E-state index in [9.17, 15) is 9.59 Å². The van der Waals surface area contributed by atoms with Gasteiger partial charge >= 0.3 is 11.9 Å². The van der Waals surface area contributed by atoms with Crippen molar-refractivity contribution in [3.8, 4) is 0 Å². The van der Waals surface area contributed by atoms with Gasteiger partial charge < -0.3 is 28.8 Å². The van der Waals surface area contributed by atoms with Gasteiger partial charge in [-0.25, -0.2) is 4.79 Å². The first kappa shape index (κ1) is 34.8. The van der Waals surface area contributed by atoms with Crippen molar-refractivity contribution in [2.24, 2.45) is 0 Å². The fourth-order valence-corrected chi connectivity index (χ4v) is 3.75. The Labute approximate surface area is 219 Å². The van der Waals surface area contributed by atoms with Crippen LogP contribution in [0.4, 0.5) is 0 Å². The van der Waals surface area contributed by atoms with Crippen LogP contribution in [0.2, 0.25) is 0 Å². The number of hydrogen-bond acceptors (Lipinski definition) is 7. The summed E-state index contributed by atoms with van der Waals surface area (Å²) >= 11 is 0. The van der Waals surface area contributed by atoms with E-state index in [1.54, 1.807) is 0 Å². The second-order valence-electron chi connectivity index (χ2n) is 9.20. The molecule has 0 unspecified atom stereocenters. The normalized spacial score (nSPS) is 11.1. The zero-order chi connectivity index (χ0) is 26.4. The van der Waals surface area contributed by atoms with Gasteiger partial charge in [-0.1, -0.05) is 96.8 Å². The first-order valence-corrected chi connectivity index (χ1v) is 14.3. The summed E-state index contributed by atoms with van der Waals surface area (Å²) in [6.45, 7) is 4.87. The molecule has 36 heavy (non-hydrogen) atoms. The van der Waals surface area contributed by atoms with Crippen molar-refractivity contribution in [1.29, 1.82) is 0 Å². The van der Waals surface area contributed by atoms with Crippen LogP contribution < -0.4 is 0 Å². The van der Waals surface area contributed by atoms with Gasteiger partial charge in [-0.15, -0.1) is 0 Å². The van der Waals surface area contributed by atoms with Crippen molar-refractivity contribution in [2.75, 3.05) is 59.5 Å². The summed E-state index contributed by atoms with van der Waals surface area (Å²) in [5, 5.41) is 8.41. The molecule has 8 nitrogen and oxygen atoms in total. The van der Waals surface area contributed by atoms with Gasteiger partial charge in [-0.2, -0.15) is 0 Å². The fraction of sp³-hybridized carbons (Fsp3) is 0.929. The molecule has 0 rings (SSSR count). The van der Waals surface area contributed by atoms with Gasteiger partial charge in [0.1, 0.15) is 13.2 Å². The monoisotopic (exact) mass is 518 g/mol. The molecule has 214 valence electrons. The number of rotatable bonds is 30. The smallest absolute Gasteiger partial charge is 0.329 e. The fourth-order valence-electron chi connectivity index (χ4n) is 3.75. The first-order valence-electron chi connectivity index (χ1n) is 14.3. The van der Waals surface area contributed by atoms with E-state index < -0.39 is 5.97 Å². The number of carbonyl (C=O) groups is 2. The van der Waals surface area contributed by atoms with E-state index in [0.717, 1.165) is 12.8 Å². The van der Waals surface area contributed by atoms with Crippen LogP contribution in [0.5, 0.6) is 0 Å². The number of carbonyl (C=O) groups excluding carboxylic acids is 1. The van der Waals surface area contributed by atoms with Gasteiger partial charge in [0, 0.05) is 6.42 Å². The van der Waals surface area contributed by atoms with E-state index in [0.29, 0.717) is 46.1 Å². The van der Waals surface area contributed by atoms with E-state index in [1.165, 1.54) is 83.5 Å². The highest BCUT2D eigenvalue weighted by atomic mass is 16.6. The van der Waals surface area contributed by atoms with Gasteiger partial charge in [0.2, 0.25) is 0 Å². The van der Waals surface area contributed by atoms with Crippen LogP contribution in [-0.4, -0.2) is 76.5 Å². The summed E-state index contributed by atoms with van der Waals surface area (Å²) < 4.78 is 26.0. The highest BCUT2D eigenvalue weighted by Gasteiger charge is 2.03. The van der Waals surface area contributed by atoms with E-state index in [2.05, 4.69) is 6.92 Å². The molecule has 0 fully saturated rings. The van der Waals surface area contributed by atoms with Gasteiger partial charge in [0.05, 0.1) is 46.2 Å². The van der Waals surface area contributed by atoms with Gasteiger partial charge in [0.25, 0.3) is 0 Å². The Morgan fingerprint density at radius 3 is 1.28 bits per heavy atom. The van der Waals surface area contributed by atoms with E-state index >= 15 is 0 Å². The van der Waals surface area contributed by atoms with Crippen LogP contribution in [0, 0.1) is 0 Å². The molecule has 0 aliphatic heterocycles. The predicted octanol–water partition coefficient (Wildman–Crippen LogP) is 5.94. The molecule has 0 aliphatic rings. The Kier molecular flexibility index (Phi) is 29.0. The number of aliphatic carboxylic acids is 1. The third kappa shape index (κ3) is 30.8. The topological polar surface area (TPSA) is 101 Å². The number of hydrogen-bond donors (Lipinski definition) is 1. The summed E-state index contributed by atoms with van der Waals surface area (Å²) in [6.07, 6.45) is 20.2. The second kappa shape index (κ2) is 30.0. The maximum absolute atomic E-state index is 11.8. The molecular formula is C28H54O8. The Morgan fingerprint density at radius 1 is 0.500 bits per heavy atom. The lowest BCUT2D eigenvalue weighted by Gasteiger charge is -2.08. The van der Waals surface area contributed by atoms with Crippen molar-refractivity contribution >= 4 is 11.9 Å². The quantitative estimate of drug-likeness (QED) is 0.0921. The van der Waals surface area contributed by atoms with E-state index in [-0.39, 0.29) is 25.8 Å². The van der Waals surface area contributed by atoms with Gasteiger partial charge in [0.15, 0.2) is 0 Å². The van der Waals surface area contributed by atoms with Gasteiger partial charge in [-0.05, 0) is 6.42 Å². The summed E-state index contributed by atoms with van der Waals surface area (Å²) in [7, 11) is 0. The molecule has 0 spiro atoms. The number of carboxylic acids is 1. The number of carboxylic acid groups (broad SMARTS) is 1. The van der Waals surface area contributed by atoms with Crippen LogP contribution >= 0.6 is 0 Å². The van der Waals surface area contributed by atoms with Crippen LogP contribution in [-0.2, 0) is 33.3 Å². The molecule has 0 aromatic rings. The van der Waals surface area contributed by atoms with Crippen LogP contribution in [0.25, 0.3) is 0 Å². The van der Waals surface area contributed by atoms with Crippen molar-refractivity contribution in [3.05, 3.63) is 0 Å². The van der Waals surface area contributed by atoms with E-state index in [4.69, 9.17) is 28.8 Å². The molecule has 0 aliphatic carbocycles. The van der Waals surface area contributed by atoms with Crippen molar-refractivity contribution < 1.29 is 38.4 Å². The Balaban J connectivity index is 3.15. The molecule has 0 saturated heterocycles. The molecule has 0 bridgehead atoms. The molecule has 1 N–H and O–H groups in total. The minimum absolute atomic E-state index is 0.144. The molecule has 0 aromatic carbocycles.